The molecule has 2 unspecified atom stereocenters. The van der Waals surface area contributed by atoms with Crippen molar-refractivity contribution in [2.24, 2.45) is 0 Å². The maximum Gasteiger partial charge on any atom is 0.261 e. The Morgan fingerprint density at radius 2 is 2.12 bits per heavy atom. The average molecular weight is 236 g/mol. The van der Waals surface area contributed by atoms with Crippen molar-refractivity contribution in [3.05, 3.63) is 22.4 Å². The molecule has 0 aliphatic carbocycles. The van der Waals surface area contributed by atoms with Gasteiger partial charge in [-0.05, 0) is 37.1 Å². The van der Waals surface area contributed by atoms with Gasteiger partial charge in [-0.2, -0.15) is 0 Å². The van der Waals surface area contributed by atoms with E-state index in [0.717, 1.165) is 17.7 Å². The predicted molar refractivity (Wildman–Crippen MR) is 64.8 cm³/mol. The highest BCUT2D eigenvalue weighted by Gasteiger charge is 2.34. The summed E-state index contributed by atoms with van der Waals surface area (Å²) in [5, 5.41) is 8.68. The van der Waals surface area contributed by atoms with Crippen LogP contribution in [0.3, 0.4) is 0 Å². The fourth-order valence-corrected chi connectivity index (χ4v) is 3.47. The number of rotatable bonds is 2. The van der Waals surface area contributed by atoms with E-state index in [4.69, 9.17) is 0 Å². The highest BCUT2D eigenvalue weighted by molar-refractivity contribution is 7.12. The minimum atomic E-state index is 0.0984. The van der Waals surface area contributed by atoms with E-state index in [1.807, 2.05) is 17.5 Å². The van der Waals surface area contributed by atoms with Crippen molar-refractivity contribution in [1.82, 2.24) is 10.6 Å². The molecule has 0 saturated carbocycles. The van der Waals surface area contributed by atoms with Gasteiger partial charge in [0.25, 0.3) is 5.91 Å². The molecular weight excluding hydrogens is 220 g/mol. The lowest BCUT2D eigenvalue weighted by Gasteiger charge is -2.29. The number of amides is 1. The van der Waals surface area contributed by atoms with Crippen molar-refractivity contribution < 1.29 is 4.79 Å². The van der Waals surface area contributed by atoms with Crippen LogP contribution in [-0.4, -0.2) is 24.0 Å². The van der Waals surface area contributed by atoms with Gasteiger partial charge in [0.05, 0.1) is 4.88 Å². The first-order chi connectivity index (χ1) is 7.81. The summed E-state index contributed by atoms with van der Waals surface area (Å²) in [6.45, 7) is 0. The van der Waals surface area contributed by atoms with Crippen LogP contribution in [0.4, 0.5) is 0 Å². The minimum Gasteiger partial charge on any atom is -0.348 e. The first kappa shape index (κ1) is 10.3. The number of piperidine rings is 1. The van der Waals surface area contributed by atoms with Crippen molar-refractivity contribution in [3.8, 4) is 0 Å². The van der Waals surface area contributed by atoms with Gasteiger partial charge in [0.2, 0.25) is 0 Å². The first-order valence-electron chi connectivity index (χ1n) is 5.91. The van der Waals surface area contributed by atoms with Gasteiger partial charge < -0.3 is 10.6 Å². The van der Waals surface area contributed by atoms with E-state index >= 15 is 0 Å². The fraction of sp³-hybridized carbons (Fsp3) is 0.583. The summed E-state index contributed by atoms with van der Waals surface area (Å²) < 4.78 is 0. The molecule has 2 bridgehead atoms. The molecule has 3 rings (SSSR count). The Labute approximate surface area is 99.2 Å². The van der Waals surface area contributed by atoms with E-state index < -0.39 is 0 Å². The number of fused-ring (bicyclic) bond motifs is 2. The van der Waals surface area contributed by atoms with Gasteiger partial charge >= 0.3 is 0 Å². The van der Waals surface area contributed by atoms with Gasteiger partial charge in [0, 0.05) is 18.1 Å². The van der Waals surface area contributed by atoms with Gasteiger partial charge in [0.1, 0.15) is 0 Å². The molecule has 2 atom stereocenters. The van der Waals surface area contributed by atoms with E-state index in [-0.39, 0.29) is 5.91 Å². The third kappa shape index (κ3) is 1.99. The summed E-state index contributed by atoms with van der Waals surface area (Å²) in [6.07, 6.45) is 4.73. The minimum absolute atomic E-state index is 0.0984. The molecule has 3 nitrogen and oxygen atoms in total. The molecule has 2 aliphatic heterocycles. The normalized spacial score (nSPS) is 32.6. The Morgan fingerprint density at radius 1 is 1.38 bits per heavy atom. The Bertz CT molecular complexity index is 364. The number of hydrogen-bond donors (Lipinski definition) is 2. The molecule has 0 radical (unpaired) electrons. The van der Waals surface area contributed by atoms with Crippen LogP contribution in [0.5, 0.6) is 0 Å². The van der Waals surface area contributed by atoms with Gasteiger partial charge in [-0.15, -0.1) is 11.3 Å². The quantitative estimate of drug-likeness (QED) is 0.821. The predicted octanol–water partition coefficient (Wildman–Crippen LogP) is 1.76. The SMILES string of the molecule is O=C(NC1CC2CCC(C1)N2)c1cccs1. The Balaban J connectivity index is 1.61. The lowest BCUT2D eigenvalue weighted by Crippen LogP contribution is -2.47. The van der Waals surface area contributed by atoms with Crippen LogP contribution in [0.2, 0.25) is 0 Å². The molecule has 86 valence electrons. The van der Waals surface area contributed by atoms with Crippen molar-refractivity contribution in [3.63, 3.8) is 0 Å². The van der Waals surface area contributed by atoms with E-state index in [2.05, 4.69) is 10.6 Å². The Hall–Kier alpha value is -0.870. The van der Waals surface area contributed by atoms with Crippen LogP contribution < -0.4 is 10.6 Å². The number of carbonyl (C=O) groups excluding carboxylic acids is 1. The third-order valence-electron chi connectivity index (χ3n) is 3.55. The van der Waals surface area contributed by atoms with Crippen molar-refractivity contribution >= 4 is 17.2 Å². The maximum atomic E-state index is 11.9. The van der Waals surface area contributed by atoms with Crippen LogP contribution >= 0.6 is 11.3 Å². The molecule has 16 heavy (non-hydrogen) atoms. The Kier molecular flexibility index (Phi) is 2.69. The second kappa shape index (κ2) is 4.18. The van der Waals surface area contributed by atoms with Gasteiger partial charge in [-0.1, -0.05) is 6.07 Å². The number of carbonyl (C=O) groups is 1. The number of nitrogens with one attached hydrogen (secondary N) is 2. The molecule has 0 spiro atoms. The maximum absolute atomic E-state index is 11.9. The van der Waals surface area contributed by atoms with Crippen LogP contribution in [0.1, 0.15) is 35.4 Å². The highest BCUT2D eigenvalue weighted by atomic mass is 32.1. The van der Waals surface area contributed by atoms with E-state index in [9.17, 15) is 4.79 Å². The largest absolute Gasteiger partial charge is 0.348 e. The van der Waals surface area contributed by atoms with Crippen LogP contribution in [0.25, 0.3) is 0 Å². The molecule has 1 aromatic heterocycles. The van der Waals surface area contributed by atoms with Gasteiger partial charge in [-0.3, -0.25) is 4.79 Å². The van der Waals surface area contributed by atoms with E-state index in [0.29, 0.717) is 18.1 Å². The zero-order valence-corrected chi connectivity index (χ0v) is 9.93. The summed E-state index contributed by atoms with van der Waals surface area (Å²) >= 11 is 1.51. The van der Waals surface area contributed by atoms with Crippen LogP contribution in [0.15, 0.2) is 17.5 Å². The second-order valence-corrected chi connectivity index (χ2v) is 5.70. The molecule has 2 saturated heterocycles. The highest BCUT2D eigenvalue weighted by Crippen LogP contribution is 2.27. The molecule has 1 aromatic rings. The van der Waals surface area contributed by atoms with E-state index in [1.165, 1.54) is 24.2 Å². The third-order valence-corrected chi connectivity index (χ3v) is 4.42. The van der Waals surface area contributed by atoms with Crippen LogP contribution in [-0.2, 0) is 0 Å². The van der Waals surface area contributed by atoms with Gasteiger partial charge in [-0.25, -0.2) is 0 Å². The van der Waals surface area contributed by atoms with Crippen molar-refractivity contribution in [1.29, 1.82) is 0 Å². The zero-order valence-electron chi connectivity index (χ0n) is 9.11. The van der Waals surface area contributed by atoms with E-state index in [1.54, 1.807) is 0 Å². The smallest absolute Gasteiger partial charge is 0.261 e. The summed E-state index contributed by atoms with van der Waals surface area (Å²) in [5.41, 5.74) is 0. The van der Waals surface area contributed by atoms with Crippen molar-refractivity contribution in [2.75, 3.05) is 0 Å². The summed E-state index contributed by atoms with van der Waals surface area (Å²) in [4.78, 5) is 12.7. The lowest BCUT2D eigenvalue weighted by molar-refractivity contribution is 0.0928. The number of thiophene rings is 1. The number of hydrogen-bond acceptors (Lipinski definition) is 3. The molecule has 3 heterocycles. The summed E-state index contributed by atoms with van der Waals surface area (Å²) in [5.74, 6) is 0.0984. The molecule has 1 amide bonds. The molecule has 2 fully saturated rings. The summed E-state index contributed by atoms with van der Waals surface area (Å²) in [7, 11) is 0. The molecule has 2 N–H and O–H groups in total. The molecule has 0 aromatic carbocycles. The Morgan fingerprint density at radius 3 is 2.75 bits per heavy atom. The first-order valence-corrected chi connectivity index (χ1v) is 6.79. The van der Waals surface area contributed by atoms with Gasteiger partial charge in [0.15, 0.2) is 0 Å². The zero-order chi connectivity index (χ0) is 11.0. The fourth-order valence-electron chi connectivity index (χ4n) is 2.84. The topological polar surface area (TPSA) is 41.1 Å². The summed E-state index contributed by atoms with van der Waals surface area (Å²) in [6, 6.07) is 5.44. The second-order valence-electron chi connectivity index (χ2n) is 4.76. The average Bonchev–Trinajstić information content (AvgIpc) is 2.88. The monoisotopic (exact) mass is 236 g/mol. The standard InChI is InChI=1S/C12H16N2OS/c15-12(11-2-1-5-16-11)14-10-6-8-3-4-9(7-10)13-8/h1-2,5,8-10,13H,3-4,6-7H2,(H,14,15). The molecule has 4 heteroatoms. The lowest BCUT2D eigenvalue weighted by atomic mass is 10.00. The van der Waals surface area contributed by atoms with Crippen LogP contribution in [0, 0.1) is 0 Å². The molecular formula is C12H16N2OS. The molecule has 2 aliphatic rings. The van der Waals surface area contributed by atoms with Crippen molar-refractivity contribution in [2.45, 2.75) is 43.8 Å².